The molecule has 6 nitrogen and oxygen atoms in total. The van der Waals surface area contributed by atoms with Crippen LogP contribution in [0.2, 0.25) is 0 Å². The van der Waals surface area contributed by atoms with Crippen LogP contribution in [-0.4, -0.2) is 34.4 Å². The summed E-state index contributed by atoms with van der Waals surface area (Å²) in [6, 6.07) is 20.2. The van der Waals surface area contributed by atoms with Gasteiger partial charge in [0, 0.05) is 60.5 Å². The number of ether oxygens (including phenoxy) is 1. The Bertz CT molecular complexity index is 1320. The number of rotatable bonds is 10. The number of hydrogen-bond acceptors (Lipinski definition) is 4. The van der Waals surface area contributed by atoms with Crippen molar-refractivity contribution in [2.45, 2.75) is 38.6 Å². The molecule has 1 amide bonds. The molecule has 0 saturated heterocycles. The smallest absolute Gasteiger partial charge is 0.223 e. The molecule has 2 aromatic carbocycles. The number of carbonyl (C=O) groups excluding carboxylic acids is 1. The third-order valence-electron chi connectivity index (χ3n) is 6.43. The molecule has 4 rings (SSSR count). The molecule has 6 heteroatoms. The molecule has 178 valence electrons. The molecule has 0 spiro atoms. The van der Waals surface area contributed by atoms with E-state index in [4.69, 9.17) is 4.74 Å². The third kappa shape index (κ3) is 5.36. The van der Waals surface area contributed by atoms with Gasteiger partial charge in [0.05, 0.1) is 19.6 Å². The number of aromatic nitrogens is 2. The number of aromatic amines is 1. The van der Waals surface area contributed by atoms with Crippen LogP contribution in [0.25, 0.3) is 10.9 Å². The number of pyridine rings is 1. The lowest BCUT2D eigenvalue weighted by molar-refractivity contribution is -0.132. The topological polar surface area (TPSA) is 82.0 Å². The molecule has 0 radical (unpaired) electrons. The predicted octanol–water partition coefficient (Wildman–Crippen LogP) is 5.60. The molecular formula is C29H30N4O2. The van der Waals surface area contributed by atoms with Gasteiger partial charge in [0.25, 0.3) is 0 Å². The van der Waals surface area contributed by atoms with Gasteiger partial charge in [-0.15, -0.1) is 0 Å². The lowest BCUT2D eigenvalue weighted by Crippen LogP contribution is -2.32. The summed E-state index contributed by atoms with van der Waals surface area (Å²) >= 11 is 0. The number of amides is 1. The standard InChI is InChI=1S/C29H30N4O2/c1-3-22-10-6-12-24-26(19-32-29(22)24)25(23-11-4-5-13-27(23)35-2)17-28(34)33(16-8-14-30)20-21-9-7-15-31-18-21/h4-7,9-13,15,18-19,25,32H,3,8,16-17,20H2,1-2H3. The van der Waals surface area contributed by atoms with Gasteiger partial charge in [-0.2, -0.15) is 5.26 Å². The van der Waals surface area contributed by atoms with Crippen LogP contribution < -0.4 is 4.74 Å². The van der Waals surface area contributed by atoms with Gasteiger partial charge in [0.1, 0.15) is 5.75 Å². The van der Waals surface area contributed by atoms with Crippen molar-refractivity contribution in [2.75, 3.05) is 13.7 Å². The Labute approximate surface area is 206 Å². The van der Waals surface area contributed by atoms with E-state index in [1.807, 2.05) is 42.6 Å². The Morgan fingerprint density at radius 1 is 1.14 bits per heavy atom. The third-order valence-corrected chi connectivity index (χ3v) is 6.43. The zero-order valence-electron chi connectivity index (χ0n) is 20.2. The number of carbonyl (C=O) groups is 1. The maximum absolute atomic E-state index is 13.7. The zero-order chi connectivity index (χ0) is 24.6. The summed E-state index contributed by atoms with van der Waals surface area (Å²) in [7, 11) is 1.66. The SMILES string of the molecule is CCc1cccc2c(C(CC(=O)N(CCC#N)Cc3cccnc3)c3ccccc3OC)c[nH]c12. The van der Waals surface area contributed by atoms with Crippen molar-refractivity contribution < 1.29 is 9.53 Å². The van der Waals surface area contributed by atoms with Crippen LogP contribution >= 0.6 is 0 Å². The van der Waals surface area contributed by atoms with E-state index in [0.717, 1.165) is 39.8 Å². The number of methoxy groups -OCH3 is 1. The first-order chi connectivity index (χ1) is 17.2. The summed E-state index contributed by atoms with van der Waals surface area (Å²) in [5, 5.41) is 10.3. The lowest BCUT2D eigenvalue weighted by atomic mass is 9.86. The minimum Gasteiger partial charge on any atom is -0.496 e. The van der Waals surface area contributed by atoms with Crippen LogP contribution in [0.1, 0.15) is 47.9 Å². The van der Waals surface area contributed by atoms with Crippen LogP contribution in [0.5, 0.6) is 5.75 Å². The van der Waals surface area contributed by atoms with Crippen LogP contribution in [0.15, 0.2) is 73.2 Å². The number of hydrogen-bond donors (Lipinski definition) is 1. The van der Waals surface area contributed by atoms with Gasteiger partial charge in [-0.05, 0) is 35.2 Å². The second kappa shape index (κ2) is 11.3. The van der Waals surface area contributed by atoms with Crippen molar-refractivity contribution in [1.29, 1.82) is 5.26 Å². The molecule has 0 aliphatic carbocycles. The number of H-pyrrole nitrogens is 1. The fourth-order valence-corrected chi connectivity index (χ4v) is 4.66. The van der Waals surface area contributed by atoms with E-state index in [-0.39, 0.29) is 24.7 Å². The number of aryl methyl sites for hydroxylation is 1. The molecule has 0 aliphatic rings. The summed E-state index contributed by atoms with van der Waals surface area (Å²) < 4.78 is 5.70. The molecule has 1 atom stereocenters. The Kier molecular flexibility index (Phi) is 7.79. The molecule has 0 saturated carbocycles. The number of nitriles is 1. The highest BCUT2D eigenvalue weighted by atomic mass is 16.5. The molecule has 0 bridgehead atoms. The van der Waals surface area contributed by atoms with E-state index in [2.05, 4.69) is 41.2 Å². The Morgan fingerprint density at radius 2 is 2.00 bits per heavy atom. The van der Waals surface area contributed by atoms with E-state index in [0.29, 0.717) is 13.1 Å². The molecule has 0 fully saturated rings. The summed E-state index contributed by atoms with van der Waals surface area (Å²) in [4.78, 5) is 23.1. The monoisotopic (exact) mass is 466 g/mol. The van der Waals surface area contributed by atoms with Gasteiger partial charge in [0.2, 0.25) is 5.91 Å². The fraction of sp³-hybridized carbons (Fsp3) is 0.276. The van der Waals surface area contributed by atoms with Crippen LogP contribution in [0, 0.1) is 11.3 Å². The Morgan fingerprint density at radius 3 is 2.74 bits per heavy atom. The van der Waals surface area contributed by atoms with Gasteiger partial charge in [-0.1, -0.05) is 49.4 Å². The van der Waals surface area contributed by atoms with Gasteiger partial charge >= 0.3 is 0 Å². The summed E-state index contributed by atoms with van der Waals surface area (Å²) in [6.45, 7) is 2.93. The van der Waals surface area contributed by atoms with Crippen LogP contribution in [-0.2, 0) is 17.8 Å². The van der Waals surface area contributed by atoms with Crippen molar-refractivity contribution in [3.05, 3.63) is 95.4 Å². The number of para-hydroxylation sites is 2. The summed E-state index contributed by atoms with van der Waals surface area (Å²) in [5.41, 5.74) is 5.31. The van der Waals surface area contributed by atoms with Crippen molar-refractivity contribution in [3.63, 3.8) is 0 Å². The zero-order valence-corrected chi connectivity index (χ0v) is 20.2. The van der Waals surface area contributed by atoms with E-state index < -0.39 is 0 Å². The largest absolute Gasteiger partial charge is 0.496 e. The van der Waals surface area contributed by atoms with Crippen molar-refractivity contribution in [2.24, 2.45) is 0 Å². The molecular weight excluding hydrogens is 436 g/mol. The normalized spacial score (nSPS) is 11.7. The van der Waals surface area contributed by atoms with E-state index in [1.165, 1.54) is 5.56 Å². The highest BCUT2D eigenvalue weighted by Crippen LogP contribution is 2.39. The molecule has 4 aromatic rings. The summed E-state index contributed by atoms with van der Waals surface area (Å²) in [6.07, 6.45) is 6.95. The second-order valence-electron chi connectivity index (χ2n) is 8.52. The first-order valence-electron chi connectivity index (χ1n) is 11.9. The number of fused-ring (bicyclic) bond motifs is 1. The second-order valence-corrected chi connectivity index (χ2v) is 8.52. The number of nitrogens with zero attached hydrogens (tertiary/aromatic N) is 3. The maximum Gasteiger partial charge on any atom is 0.223 e. The van der Waals surface area contributed by atoms with E-state index in [9.17, 15) is 10.1 Å². The van der Waals surface area contributed by atoms with Gasteiger partial charge in [0.15, 0.2) is 0 Å². The van der Waals surface area contributed by atoms with Gasteiger partial charge in [-0.25, -0.2) is 0 Å². The Balaban J connectivity index is 1.74. The van der Waals surface area contributed by atoms with Crippen molar-refractivity contribution in [3.8, 4) is 11.8 Å². The summed E-state index contributed by atoms with van der Waals surface area (Å²) in [5.74, 6) is 0.529. The molecule has 0 aliphatic heterocycles. The molecule has 1 N–H and O–H groups in total. The highest BCUT2D eigenvalue weighted by Gasteiger charge is 2.27. The maximum atomic E-state index is 13.7. The van der Waals surface area contributed by atoms with Crippen molar-refractivity contribution in [1.82, 2.24) is 14.9 Å². The van der Waals surface area contributed by atoms with Crippen molar-refractivity contribution >= 4 is 16.8 Å². The van der Waals surface area contributed by atoms with E-state index >= 15 is 0 Å². The first-order valence-corrected chi connectivity index (χ1v) is 11.9. The first kappa shape index (κ1) is 24.0. The quantitative estimate of drug-likeness (QED) is 0.330. The van der Waals surface area contributed by atoms with E-state index in [1.54, 1.807) is 24.4 Å². The van der Waals surface area contributed by atoms with Crippen LogP contribution in [0.3, 0.4) is 0 Å². The molecule has 35 heavy (non-hydrogen) atoms. The predicted molar refractivity (Wildman–Crippen MR) is 137 cm³/mol. The van der Waals surface area contributed by atoms with Gasteiger partial charge < -0.3 is 14.6 Å². The Hall–Kier alpha value is -4.11. The highest BCUT2D eigenvalue weighted by molar-refractivity contribution is 5.88. The molecule has 1 unspecified atom stereocenters. The number of benzene rings is 2. The van der Waals surface area contributed by atoms with Gasteiger partial charge in [-0.3, -0.25) is 9.78 Å². The minimum atomic E-state index is -0.210. The van der Waals surface area contributed by atoms with Crippen LogP contribution in [0.4, 0.5) is 0 Å². The molecule has 2 aromatic heterocycles. The fourth-order valence-electron chi connectivity index (χ4n) is 4.66. The average Bonchev–Trinajstić information content (AvgIpc) is 3.34. The lowest BCUT2D eigenvalue weighted by Gasteiger charge is -2.26. The number of nitrogens with one attached hydrogen (secondary N) is 1. The molecule has 2 heterocycles. The average molecular weight is 467 g/mol. The minimum absolute atomic E-state index is 0.0130.